The van der Waals surface area contributed by atoms with Gasteiger partial charge in [0.1, 0.15) is 6.29 Å². The molecule has 0 spiro atoms. The zero-order valence-electron chi connectivity index (χ0n) is 10.3. The fraction of sp³-hybridized carbons (Fsp3) is 0.692. The van der Waals surface area contributed by atoms with Crippen LogP contribution in [0.25, 0.3) is 0 Å². The molecule has 2 N–H and O–H groups in total. The number of hydrogen-bond acceptors (Lipinski definition) is 2. The van der Waals surface area contributed by atoms with Gasteiger partial charge in [-0.05, 0) is 18.8 Å². The Balaban J connectivity index is 2.57. The Hall–Kier alpha value is -1.32. The number of carbonyl (C=O) groups excluding carboxylic acids is 1. The second-order valence-corrected chi connectivity index (χ2v) is 4.61. The van der Waals surface area contributed by atoms with E-state index in [2.05, 4.69) is 12.2 Å². The first kappa shape index (κ1) is 13.7. The van der Waals surface area contributed by atoms with Crippen molar-refractivity contribution >= 4 is 12.4 Å². The SMILES string of the molecule is CCCCCC1CC=CC(NC(=O)O)C1C=O. The quantitative estimate of drug-likeness (QED) is 0.425. The maximum Gasteiger partial charge on any atom is 0.405 e. The molecule has 0 saturated carbocycles. The maximum absolute atomic E-state index is 11.1. The number of hydrogen-bond donors (Lipinski definition) is 2. The first-order chi connectivity index (χ1) is 8.19. The average molecular weight is 239 g/mol. The summed E-state index contributed by atoms with van der Waals surface area (Å²) in [5.74, 6) is 0.0638. The van der Waals surface area contributed by atoms with Crippen LogP contribution < -0.4 is 5.32 Å². The van der Waals surface area contributed by atoms with Crippen molar-refractivity contribution in [2.45, 2.75) is 45.1 Å². The van der Waals surface area contributed by atoms with E-state index in [1.54, 1.807) is 6.08 Å². The number of carboxylic acid groups (broad SMARTS) is 1. The fourth-order valence-electron chi connectivity index (χ4n) is 2.43. The summed E-state index contributed by atoms with van der Waals surface area (Å²) in [6.07, 6.45) is 8.93. The lowest BCUT2D eigenvalue weighted by atomic mass is 9.78. The van der Waals surface area contributed by atoms with Crippen LogP contribution in [0.3, 0.4) is 0 Å². The molecule has 3 unspecified atom stereocenters. The molecule has 0 heterocycles. The molecule has 0 radical (unpaired) electrons. The van der Waals surface area contributed by atoms with Crippen molar-refractivity contribution in [3.63, 3.8) is 0 Å². The Morgan fingerprint density at radius 2 is 2.29 bits per heavy atom. The van der Waals surface area contributed by atoms with Crippen LogP contribution in [0.1, 0.15) is 39.0 Å². The molecule has 0 aliphatic heterocycles. The summed E-state index contributed by atoms with van der Waals surface area (Å²) in [5.41, 5.74) is 0. The average Bonchev–Trinajstić information content (AvgIpc) is 2.29. The van der Waals surface area contributed by atoms with Crippen LogP contribution >= 0.6 is 0 Å². The van der Waals surface area contributed by atoms with Crippen molar-refractivity contribution in [3.8, 4) is 0 Å². The minimum Gasteiger partial charge on any atom is -0.465 e. The van der Waals surface area contributed by atoms with Gasteiger partial charge >= 0.3 is 6.09 Å². The van der Waals surface area contributed by atoms with E-state index in [4.69, 9.17) is 5.11 Å². The Kier molecular flexibility index (Phi) is 5.73. The largest absolute Gasteiger partial charge is 0.465 e. The van der Waals surface area contributed by atoms with Gasteiger partial charge in [0.2, 0.25) is 0 Å². The highest BCUT2D eigenvalue weighted by Crippen LogP contribution is 2.29. The number of allylic oxidation sites excluding steroid dienone is 1. The van der Waals surface area contributed by atoms with Crippen molar-refractivity contribution < 1.29 is 14.7 Å². The Morgan fingerprint density at radius 1 is 1.53 bits per heavy atom. The van der Waals surface area contributed by atoms with Gasteiger partial charge < -0.3 is 15.2 Å². The zero-order valence-corrected chi connectivity index (χ0v) is 10.3. The van der Waals surface area contributed by atoms with E-state index >= 15 is 0 Å². The van der Waals surface area contributed by atoms with Gasteiger partial charge in [-0.3, -0.25) is 0 Å². The molecule has 0 saturated heterocycles. The molecule has 0 fully saturated rings. The molecule has 4 heteroatoms. The highest BCUT2D eigenvalue weighted by molar-refractivity contribution is 5.67. The molecule has 4 nitrogen and oxygen atoms in total. The zero-order chi connectivity index (χ0) is 12.7. The number of amides is 1. The number of nitrogens with one attached hydrogen (secondary N) is 1. The molecule has 0 aromatic carbocycles. The molecule has 3 atom stereocenters. The van der Waals surface area contributed by atoms with Gasteiger partial charge in [0.25, 0.3) is 0 Å². The number of rotatable bonds is 6. The summed E-state index contributed by atoms with van der Waals surface area (Å²) in [6.45, 7) is 2.15. The summed E-state index contributed by atoms with van der Waals surface area (Å²) >= 11 is 0. The fourth-order valence-corrected chi connectivity index (χ4v) is 2.43. The number of carbonyl (C=O) groups is 2. The Labute approximate surface area is 102 Å². The van der Waals surface area contributed by atoms with E-state index in [0.717, 1.165) is 32.0 Å². The van der Waals surface area contributed by atoms with Gasteiger partial charge in [-0.2, -0.15) is 0 Å². The second kappa shape index (κ2) is 7.09. The van der Waals surface area contributed by atoms with Crippen LogP contribution in [0.2, 0.25) is 0 Å². The Morgan fingerprint density at radius 3 is 2.88 bits per heavy atom. The summed E-state index contributed by atoms with van der Waals surface area (Å²) in [4.78, 5) is 21.8. The minimum absolute atomic E-state index is 0.215. The normalized spacial score (nSPS) is 27.7. The third-order valence-electron chi connectivity index (χ3n) is 3.37. The van der Waals surface area contributed by atoms with Crippen LogP contribution in [0, 0.1) is 11.8 Å². The molecule has 17 heavy (non-hydrogen) atoms. The van der Waals surface area contributed by atoms with E-state index in [1.165, 1.54) is 6.42 Å². The van der Waals surface area contributed by atoms with Crippen molar-refractivity contribution in [2.75, 3.05) is 0 Å². The highest BCUT2D eigenvalue weighted by atomic mass is 16.4. The topological polar surface area (TPSA) is 66.4 Å². The standard InChI is InChI=1S/C13H21NO3/c1-2-3-4-6-10-7-5-8-12(11(10)9-15)14-13(16)17/h5,8-12,14H,2-4,6-7H2,1H3,(H,16,17). The summed E-state index contributed by atoms with van der Waals surface area (Å²) in [5, 5.41) is 11.1. The van der Waals surface area contributed by atoms with Crippen molar-refractivity contribution in [3.05, 3.63) is 12.2 Å². The van der Waals surface area contributed by atoms with Crippen molar-refractivity contribution in [1.29, 1.82) is 0 Å². The summed E-state index contributed by atoms with van der Waals surface area (Å²) in [6, 6.07) is -0.356. The monoisotopic (exact) mass is 239 g/mol. The predicted molar refractivity (Wildman–Crippen MR) is 65.9 cm³/mol. The molecule has 96 valence electrons. The first-order valence-corrected chi connectivity index (χ1v) is 6.30. The van der Waals surface area contributed by atoms with Crippen molar-refractivity contribution in [2.24, 2.45) is 11.8 Å². The van der Waals surface area contributed by atoms with Gasteiger partial charge in [0.05, 0.1) is 6.04 Å². The first-order valence-electron chi connectivity index (χ1n) is 6.30. The lowest BCUT2D eigenvalue weighted by molar-refractivity contribution is -0.113. The molecule has 0 aromatic heterocycles. The molecular formula is C13H21NO3. The lowest BCUT2D eigenvalue weighted by Crippen LogP contribution is -2.43. The van der Waals surface area contributed by atoms with Gasteiger partial charge in [-0.1, -0.05) is 38.3 Å². The van der Waals surface area contributed by atoms with Gasteiger partial charge in [-0.15, -0.1) is 0 Å². The molecule has 1 aliphatic rings. The van der Waals surface area contributed by atoms with Crippen LogP contribution in [0.15, 0.2) is 12.2 Å². The van der Waals surface area contributed by atoms with E-state index < -0.39 is 6.09 Å². The summed E-state index contributed by atoms with van der Waals surface area (Å²) in [7, 11) is 0. The molecule has 0 aromatic rings. The number of unbranched alkanes of at least 4 members (excludes halogenated alkanes) is 2. The van der Waals surface area contributed by atoms with Gasteiger partial charge in [0.15, 0.2) is 0 Å². The van der Waals surface area contributed by atoms with Crippen LogP contribution in [-0.4, -0.2) is 23.5 Å². The maximum atomic E-state index is 11.1. The molecule has 0 bridgehead atoms. The molecule has 1 rings (SSSR count). The second-order valence-electron chi connectivity index (χ2n) is 4.61. The van der Waals surface area contributed by atoms with E-state index in [0.29, 0.717) is 0 Å². The molecule has 1 aliphatic carbocycles. The smallest absolute Gasteiger partial charge is 0.405 e. The Bertz CT molecular complexity index is 288. The molecule has 1 amide bonds. The van der Waals surface area contributed by atoms with E-state index in [1.807, 2.05) is 6.08 Å². The third kappa shape index (κ3) is 4.21. The van der Waals surface area contributed by atoms with Crippen LogP contribution in [-0.2, 0) is 4.79 Å². The highest BCUT2D eigenvalue weighted by Gasteiger charge is 2.30. The summed E-state index contributed by atoms with van der Waals surface area (Å²) < 4.78 is 0. The van der Waals surface area contributed by atoms with E-state index in [9.17, 15) is 9.59 Å². The lowest BCUT2D eigenvalue weighted by Gasteiger charge is -2.31. The minimum atomic E-state index is -1.07. The number of aldehydes is 1. The van der Waals surface area contributed by atoms with E-state index in [-0.39, 0.29) is 17.9 Å². The van der Waals surface area contributed by atoms with Crippen LogP contribution in [0.4, 0.5) is 4.79 Å². The molecular weight excluding hydrogens is 218 g/mol. The predicted octanol–water partition coefficient (Wildman–Crippen LogP) is 2.59. The van der Waals surface area contributed by atoms with Gasteiger partial charge in [-0.25, -0.2) is 4.79 Å². The van der Waals surface area contributed by atoms with Crippen molar-refractivity contribution in [1.82, 2.24) is 5.32 Å². The third-order valence-corrected chi connectivity index (χ3v) is 3.37. The van der Waals surface area contributed by atoms with Gasteiger partial charge in [0, 0.05) is 5.92 Å². The van der Waals surface area contributed by atoms with Crippen LogP contribution in [0.5, 0.6) is 0 Å².